The molecule has 0 saturated carbocycles. The average molecular weight is 233 g/mol. The van der Waals surface area contributed by atoms with Crippen LogP contribution in [-0.2, 0) is 0 Å². The zero-order chi connectivity index (χ0) is 12.8. The smallest absolute Gasteiger partial charge is 0.258 e. The van der Waals surface area contributed by atoms with E-state index in [-0.39, 0.29) is 5.69 Å². The van der Waals surface area contributed by atoms with Gasteiger partial charge in [0.2, 0.25) is 0 Å². The Morgan fingerprint density at radius 1 is 1.29 bits per heavy atom. The van der Waals surface area contributed by atoms with Gasteiger partial charge in [0.1, 0.15) is 0 Å². The molecule has 0 fully saturated rings. The van der Waals surface area contributed by atoms with E-state index in [0.29, 0.717) is 5.69 Å². The Labute approximate surface area is 99.8 Å². The second-order valence-corrected chi connectivity index (χ2v) is 3.23. The zero-order valence-electron chi connectivity index (χ0n) is 10.1. The molecule has 1 heterocycles. The van der Waals surface area contributed by atoms with Gasteiger partial charge < -0.3 is 0 Å². The molecule has 90 valence electrons. The van der Waals surface area contributed by atoms with Crippen molar-refractivity contribution >= 4 is 5.69 Å². The van der Waals surface area contributed by atoms with Crippen molar-refractivity contribution in [2.75, 3.05) is 0 Å². The first-order valence-corrected chi connectivity index (χ1v) is 5.43. The molecule has 17 heavy (non-hydrogen) atoms. The molecule has 0 spiro atoms. The first kappa shape index (κ1) is 12.9. The predicted molar refractivity (Wildman–Crippen MR) is 66.3 cm³/mol. The summed E-state index contributed by atoms with van der Waals surface area (Å²) in [5.74, 6) is 0. The Balaban J connectivity index is 0.000000686. The largest absolute Gasteiger partial charge is 0.271 e. The number of aryl methyl sites for hydroxylation is 1. The molecule has 1 aromatic heterocycles. The van der Waals surface area contributed by atoms with E-state index < -0.39 is 4.92 Å². The summed E-state index contributed by atoms with van der Waals surface area (Å²) in [6.07, 6.45) is 3.38. The van der Waals surface area contributed by atoms with Crippen LogP contribution in [0.2, 0.25) is 0 Å². The monoisotopic (exact) mass is 233 g/mol. The molecule has 0 atom stereocenters. The van der Waals surface area contributed by atoms with Gasteiger partial charge in [-0.1, -0.05) is 13.8 Å². The SMILES string of the molecule is CC.Cc1cc(-n2cccn2)cc([N+](=O)[O-])c1. The zero-order valence-corrected chi connectivity index (χ0v) is 10.1. The van der Waals surface area contributed by atoms with Crippen molar-refractivity contribution in [3.05, 3.63) is 52.3 Å². The maximum Gasteiger partial charge on any atom is 0.271 e. The molecular weight excluding hydrogens is 218 g/mol. The van der Waals surface area contributed by atoms with Gasteiger partial charge in [-0.15, -0.1) is 0 Å². The van der Waals surface area contributed by atoms with Crippen LogP contribution in [0.3, 0.4) is 0 Å². The maximum atomic E-state index is 10.7. The minimum absolute atomic E-state index is 0.0838. The van der Waals surface area contributed by atoms with Crippen molar-refractivity contribution in [1.29, 1.82) is 0 Å². The molecular formula is C12H15N3O2. The molecule has 0 bridgehead atoms. The van der Waals surface area contributed by atoms with Crippen LogP contribution in [0.1, 0.15) is 19.4 Å². The van der Waals surface area contributed by atoms with E-state index in [0.717, 1.165) is 5.56 Å². The Morgan fingerprint density at radius 2 is 2.00 bits per heavy atom. The maximum absolute atomic E-state index is 10.7. The average Bonchev–Trinajstić information content (AvgIpc) is 2.84. The van der Waals surface area contributed by atoms with Crippen molar-refractivity contribution in [2.24, 2.45) is 0 Å². The van der Waals surface area contributed by atoms with Crippen LogP contribution in [0.15, 0.2) is 36.7 Å². The van der Waals surface area contributed by atoms with E-state index in [1.54, 1.807) is 23.1 Å². The Morgan fingerprint density at radius 3 is 2.53 bits per heavy atom. The summed E-state index contributed by atoms with van der Waals surface area (Å²) in [5, 5.41) is 14.7. The number of nitro benzene ring substituents is 1. The summed E-state index contributed by atoms with van der Waals surface area (Å²) in [7, 11) is 0. The van der Waals surface area contributed by atoms with Gasteiger partial charge in [-0.3, -0.25) is 10.1 Å². The topological polar surface area (TPSA) is 61.0 Å². The third-order valence-electron chi connectivity index (χ3n) is 2.03. The molecule has 0 saturated heterocycles. The molecule has 2 rings (SSSR count). The third kappa shape index (κ3) is 3.14. The second-order valence-electron chi connectivity index (χ2n) is 3.23. The van der Waals surface area contributed by atoms with E-state index in [1.807, 2.05) is 26.8 Å². The molecule has 5 heteroatoms. The molecule has 0 aliphatic carbocycles. The Kier molecular flexibility index (Phi) is 4.39. The lowest BCUT2D eigenvalue weighted by atomic mass is 10.2. The van der Waals surface area contributed by atoms with Gasteiger partial charge >= 0.3 is 0 Å². The first-order valence-electron chi connectivity index (χ1n) is 5.43. The number of benzene rings is 1. The van der Waals surface area contributed by atoms with Gasteiger partial charge in [0.05, 0.1) is 10.6 Å². The minimum Gasteiger partial charge on any atom is -0.258 e. The predicted octanol–water partition coefficient (Wildman–Crippen LogP) is 3.12. The normalized spacial score (nSPS) is 9.35. The molecule has 2 aromatic rings. The van der Waals surface area contributed by atoms with Crippen LogP contribution in [0.25, 0.3) is 5.69 Å². The number of nitro groups is 1. The van der Waals surface area contributed by atoms with E-state index in [2.05, 4.69) is 5.10 Å². The molecule has 0 aliphatic heterocycles. The van der Waals surface area contributed by atoms with Crippen molar-refractivity contribution in [1.82, 2.24) is 9.78 Å². The number of hydrogen-bond acceptors (Lipinski definition) is 3. The number of hydrogen-bond donors (Lipinski definition) is 0. The van der Waals surface area contributed by atoms with E-state index in [9.17, 15) is 10.1 Å². The molecule has 0 amide bonds. The highest BCUT2D eigenvalue weighted by atomic mass is 16.6. The highest BCUT2D eigenvalue weighted by Gasteiger charge is 2.08. The minimum atomic E-state index is -0.403. The highest BCUT2D eigenvalue weighted by molar-refractivity contribution is 5.46. The molecule has 0 aliphatic rings. The van der Waals surface area contributed by atoms with Gasteiger partial charge in [0.25, 0.3) is 5.69 Å². The number of rotatable bonds is 2. The summed E-state index contributed by atoms with van der Waals surface area (Å²) in [5.41, 5.74) is 1.63. The number of non-ortho nitro benzene ring substituents is 1. The first-order chi connectivity index (χ1) is 8.16. The summed E-state index contributed by atoms with van der Waals surface area (Å²) < 4.78 is 1.60. The third-order valence-corrected chi connectivity index (χ3v) is 2.03. The molecule has 0 N–H and O–H groups in total. The van der Waals surface area contributed by atoms with Crippen molar-refractivity contribution in [3.63, 3.8) is 0 Å². The van der Waals surface area contributed by atoms with Crippen molar-refractivity contribution < 1.29 is 4.92 Å². The summed E-state index contributed by atoms with van der Waals surface area (Å²) in [6, 6.07) is 6.65. The van der Waals surface area contributed by atoms with Crippen LogP contribution in [-0.4, -0.2) is 14.7 Å². The van der Waals surface area contributed by atoms with E-state index in [1.165, 1.54) is 12.1 Å². The van der Waals surface area contributed by atoms with Crippen LogP contribution in [0, 0.1) is 17.0 Å². The fourth-order valence-electron chi connectivity index (χ4n) is 1.40. The van der Waals surface area contributed by atoms with Gasteiger partial charge in [-0.2, -0.15) is 5.10 Å². The number of aromatic nitrogens is 2. The summed E-state index contributed by atoms with van der Waals surface area (Å²) >= 11 is 0. The molecule has 0 unspecified atom stereocenters. The summed E-state index contributed by atoms with van der Waals surface area (Å²) in [4.78, 5) is 10.2. The Bertz CT molecular complexity index is 492. The van der Waals surface area contributed by atoms with Crippen molar-refractivity contribution in [2.45, 2.75) is 20.8 Å². The van der Waals surface area contributed by atoms with Gasteiger partial charge in [0, 0.05) is 24.5 Å². The lowest BCUT2D eigenvalue weighted by Gasteiger charge is -2.02. The van der Waals surface area contributed by atoms with Crippen molar-refractivity contribution in [3.8, 4) is 5.69 Å². The van der Waals surface area contributed by atoms with Crippen LogP contribution in [0.4, 0.5) is 5.69 Å². The second kappa shape index (κ2) is 5.79. The number of nitrogens with zero attached hydrogens (tertiary/aromatic N) is 3. The van der Waals surface area contributed by atoms with Crippen LogP contribution in [0.5, 0.6) is 0 Å². The van der Waals surface area contributed by atoms with E-state index >= 15 is 0 Å². The molecule has 0 radical (unpaired) electrons. The lowest BCUT2D eigenvalue weighted by molar-refractivity contribution is -0.384. The van der Waals surface area contributed by atoms with Gasteiger partial charge in [-0.05, 0) is 24.6 Å². The van der Waals surface area contributed by atoms with Crippen LogP contribution < -0.4 is 0 Å². The fraction of sp³-hybridized carbons (Fsp3) is 0.250. The lowest BCUT2D eigenvalue weighted by Crippen LogP contribution is -1.97. The molecule has 5 nitrogen and oxygen atoms in total. The van der Waals surface area contributed by atoms with Gasteiger partial charge in [0.15, 0.2) is 0 Å². The van der Waals surface area contributed by atoms with E-state index in [4.69, 9.17) is 0 Å². The molecule has 1 aromatic carbocycles. The quantitative estimate of drug-likeness (QED) is 0.591. The standard InChI is InChI=1S/C10H9N3O2.C2H6/c1-8-5-9(12-4-2-3-11-12)7-10(6-8)13(14)15;1-2/h2-7H,1H3;1-2H3. The van der Waals surface area contributed by atoms with Crippen LogP contribution >= 0.6 is 0 Å². The van der Waals surface area contributed by atoms with Gasteiger partial charge in [-0.25, -0.2) is 4.68 Å². The fourth-order valence-corrected chi connectivity index (χ4v) is 1.40. The highest BCUT2D eigenvalue weighted by Crippen LogP contribution is 2.18. The summed E-state index contributed by atoms with van der Waals surface area (Å²) in [6.45, 7) is 5.82. The Hall–Kier alpha value is -2.17.